The summed E-state index contributed by atoms with van der Waals surface area (Å²) in [6.07, 6.45) is 8.64. The van der Waals surface area contributed by atoms with Gasteiger partial charge < -0.3 is 10.2 Å². The molecule has 6 unspecified atom stereocenters. The zero-order valence-corrected chi connectivity index (χ0v) is 17.8. The molecular formula is C21H41N7. The SMILES string of the molecule is CC1NC2CCCC3C4CCNC(N4)N[C@@H]4CN[C@@H](C4)CN(C)CCCN1C23. The predicted octanol–water partition coefficient (Wildman–Crippen LogP) is -0.334. The first-order chi connectivity index (χ1) is 13.7. The van der Waals surface area contributed by atoms with Gasteiger partial charge >= 0.3 is 0 Å². The molecule has 5 aliphatic rings. The van der Waals surface area contributed by atoms with Gasteiger partial charge in [0.25, 0.3) is 0 Å². The third-order valence-corrected chi connectivity index (χ3v) is 8.05. The number of hydrogen-bond donors (Lipinski definition) is 5. The van der Waals surface area contributed by atoms with Crippen LogP contribution in [0.25, 0.3) is 0 Å². The van der Waals surface area contributed by atoms with Gasteiger partial charge in [-0.1, -0.05) is 6.42 Å². The summed E-state index contributed by atoms with van der Waals surface area (Å²) in [6.45, 7) is 8.19. The van der Waals surface area contributed by atoms with E-state index in [1.807, 2.05) is 0 Å². The van der Waals surface area contributed by atoms with Gasteiger partial charge in [0.05, 0.1) is 6.17 Å². The molecule has 0 aromatic heterocycles. The fraction of sp³-hybridized carbons (Fsp3) is 1.00. The van der Waals surface area contributed by atoms with Crippen LogP contribution in [0, 0.1) is 5.92 Å². The van der Waals surface area contributed by atoms with Crippen molar-refractivity contribution in [3.05, 3.63) is 0 Å². The normalized spacial score (nSPS) is 48.6. The average Bonchev–Trinajstić information content (AvgIpc) is 3.25. The van der Waals surface area contributed by atoms with Crippen molar-refractivity contribution in [1.82, 2.24) is 36.4 Å². The lowest BCUT2D eigenvalue weighted by molar-refractivity contribution is 0.0731. The van der Waals surface area contributed by atoms with Gasteiger partial charge in [-0.25, -0.2) is 0 Å². The second-order valence-electron chi connectivity index (χ2n) is 10.0. The summed E-state index contributed by atoms with van der Waals surface area (Å²) in [6, 6.07) is 3.19. The van der Waals surface area contributed by atoms with Crippen LogP contribution >= 0.6 is 0 Å². The molecule has 0 aromatic carbocycles. The Kier molecular flexibility index (Phi) is 5.94. The Morgan fingerprint density at radius 1 is 0.857 bits per heavy atom. The minimum Gasteiger partial charge on any atom is -0.311 e. The Morgan fingerprint density at radius 2 is 1.79 bits per heavy atom. The van der Waals surface area contributed by atoms with Crippen molar-refractivity contribution in [2.45, 2.75) is 88.1 Å². The van der Waals surface area contributed by atoms with Gasteiger partial charge in [0.15, 0.2) is 0 Å². The zero-order chi connectivity index (χ0) is 19.1. The first-order valence-corrected chi connectivity index (χ1v) is 11.9. The fourth-order valence-corrected chi connectivity index (χ4v) is 6.81. The van der Waals surface area contributed by atoms with Crippen molar-refractivity contribution in [2.75, 3.05) is 39.8 Å². The summed E-state index contributed by atoms with van der Waals surface area (Å²) in [4.78, 5) is 5.36. The Hall–Kier alpha value is -0.280. The Bertz CT molecular complexity index is 531. The largest absolute Gasteiger partial charge is 0.311 e. The van der Waals surface area contributed by atoms with Crippen molar-refractivity contribution in [3.8, 4) is 0 Å². The quantitative estimate of drug-likeness (QED) is 0.387. The number of likely N-dealkylation sites (N-methyl/N-ethyl adjacent to an activating group) is 1. The van der Waals surface area contributed by atoms with E-state index in [1.54, 1.807) is 0 Å². The molecule has 7 heteroatoms. The fourth-order valence-electron chi connectivity index (χ4n) is 6.81. The molecule has 4 saturated heterocycles. The third-order valence-electron chi connectivity index (χ3n) is 8.05. The predicted molar refractivity (Wildman–Crippen MR) is 113 cm³/mol. The van der Waals surface area contributed by atoms with E-state index < -0.39 is 0 Å². The molecule has 0 radical (unpaired) electrons. The molecule has 0 spiro atoms. The summed E-state index contributed by atoms with van der Waals surface area (Å²) in [5, 5.41) is 19.2. The van der Waals surface area contributed by atoms with Gasteiger partial charge in [-0.3, -0.25) is 26.2 Å². The number of fused-ring (bicyclic) bond motifs is 5. The first-order valence-electron chi connectivity index (χ1n) is 11.9. The highest BCUT2D eigenvalue weighted by Gasteiger charge is 2.47. The standard InChI is InChI=1S/C21H41N7/c1-14-24-19-6-3-5-17-18-7-8-22-21(26-18)25-15-11-16(23-12-15)13-27(2)9-4-10-28(14)20(17)19/h14-26H,3-13H2,1-2H3/t14?,15-,16-,17?,18?,19?,20?,21?/m0/s1. The van der Waals surface area contributed by atoms with Crippen molar-refractivity contribution in [1.29, 1.82) is 0 Å². The molecule has 4 bridgehead atoms. The zero-order valence-electron chi connectivity index (χ0n) is 17.8. The van der Waals surface area contributed by atoms with Crippen LogP contribution in [0.3, 0.4) is 0 Å². The van der Waals surface area contributed by atoms with Gasteiger partial charge in [0, 0.05) is 49.8 Å². The molecule has 1 saturated carbocycles. The lowest BCUT2D eigenvalue weighted by atomic mass is 9.75. The lowest BCUT2D eigenvalue weighted by Crippen LogP contribution is -2.66. The first kappa shape index (κ1) is 19.7. The molecule has 4 aliphatic heterocycles. The van der Waals surface area contributed by atoms with Gasteiger partial charge in [-0.15, -0.1) is 0 Å². The maximum Gasteiger partial charge on any atom is 0.112 e. The van der Waals surface area contributed by atoms with Crippen LogP contribution in [-0.2, 0) is 0 Å². The maximum absolute atomic E-state index is 3.98. The molecule has 5 rings (SSSR count). The van der Waals surface area contributed by atoms with Crippen molar-refractivity contribution in [2.24, 2.45) is 5.92 Å². The van der Waals surface area contributed by atoms with Crippen molar-refractivity contribution < 1.29 is 0 Å². The molecule has 0 amide bonds. The molecular weight excluding hydrogens is 350 g/mol. The van der Waals surface area contributed by atoms with E-state index in [-0.39, 0.29) is 6.29 Å². The minimum absolute atomic E-state index is 0.257. The van der Waals surface area contributed by atoms with Crippen LogP contribution in [0.5, 0.6) is 0 Å². The molecule has 4 heterocycles. The number of nitrogens with zero attached hydrogens (tertiary/aromatic N) is 2. The van der Waals surface area contributed by atoms with E-state index >= 15 is 0 Å². The highest BCUT2D eigenvalue weighted by molar-refractivity contribution is 5.05. The molecule has 0 aromatic rings. The maximum atomic E-state index is 3.98. The highest BCUT2D eigenvalue weighted by atomic mass is 15.4. The van der Waals surface area contributed by atoms with Crippen molar-refractivity contribution >= 4 is 0 Å². The molecule has 8 atom stereocenters. The van der Waals surface area contributed by atoms with Gasteiger partial charge in [-0.2, -0.15) is 0 Å². The van der Waals surface area contributed by atoms with Gasteiger partial charge in [0.1, 0.15) is 6.29 Å². The molecule has 1 aliphatic carbocycles. The Morgan fingerprint density at radius 3 is 2.71 bits per heavy atom. The number of rotatable bonds is 0. The van der Waals surface area contributed by atoms with Crippen LogP contribution in [0.2, 0.25) is 0 Å². The monoisotopic (exact) mass is 391 g/mol. The Balaban J connectivity index is 1.37. The third kappa shape index (κ3) is 4.00. The van der Waals surface area contributed by atoms with Crippen LogP contribution in [-0.4, -0.2) is 92.2 Å². The van der Waals surface area contributed by atoms with E-state index in [0.717, 1.165) is 25.6 Å². The number of hydrogen-bond acceptors (Lipinski definition) is 7. The van der Waals surface area contributed by atoms with Crippen molar-refractivity contribution in [3.63, 3.8) is 0 Å². The topological polar surface area (TPSA) is 66.6 Å². The van der Waals surface area contributed by atoms with Gasteiger partial charge in [-0.05, 0) is 65.1 Å². The highest BCUT2D eigenvalue weighted by Crippen LogP contribution is 2.37. The van der Waals surface area contributed by atoms with Crippen LogP contribution in [0.4, 0.5) is 0 Å². The lowest BCUT2D eigenvalue weighted by Gasteiger charge is -2.46. The molecule has 5 fully saturated rings. The van der Waals surface area contributed by atoms with E-state index in [4.69, 9.17) is 0 Å². The van der Waals surface area contributed by atoms with E-state index in [9.17, 15) is 0 Å². The van der Waals surface area contributed by atoms with E-state index in [2.05, 4.69) is 50.4 Å². The molecule has 7 nitrogen and oxygen atoms in total. The van der Waals surface area contributed by atoms with Crippen LogP contribution in [0.15, 0.2) is 0 Å². The molecule has 5 N–H and O–H groups in total. The molecule has 160 valence electrons. The second kappa shape index (κ2) is 8.46. The molecule has 28 heavy (non-hydrogen) atoms. The van der Waals surface area contributed by atoms with Gasteiger partial charge in [0.2, 0.25) is 0 Å². The second-order valence-corrected chi connectivity index (χ2v) is 10.0. The van der Waals surface area contributed by atoms with Crippen LogP contribution in [0.1, 0.15) is 45.4 Å². The summed E-state index contributed by atoms with van der Waals surface area (Å²) in [7, 11) is 2.30. The summed E-state index contributed by atoms with van der Waals surface area (Å²) >= 11 is 0. The smallest absolute Gasteiger partial charge is 0.112 e. The summed E-state index contributed by atoms with van der Waals surface area (Å²) < 4.78 is 0. The van der Waals surface area contributed by atoms with E-state index in [0.29, 0.717) is 36.4 Å². The minimum atomic E-state index is 0.257. The summed E-state index contributed by atoms with van der Waals surface area (Å²) in [5.74, 6) is 0.764. The summed E-state index contributed by atoms with van der Waals surface area (Å²) in [5.41, 5.74) is 0. The number of nitrogens with one attached hydrogen (secondary N) is 5. The Labute approximate surface area is 170 Å². The van der Waals surface area contributed by atoms with E-state index in [1.165, 1.54) is 51.6 Å². The van der Waals surface area contributed by atoms with Crippen LogP contribution < -0.4 is 26.6 Å². The average molecular weight is 392 g/mol.